The average Bonchev–Trinajstić information content (AvgIpc) is 2.93. The minimum absolute atomic E-state index is 0.335. The number of benzene rings is 1. The standard InChI is InChI=1S/C18H28N2O/c19-15-9-6-11-16(15)20-17-10-4-5-12-18(17)21-13-14-7-2-1-3-8-14/h1-3,7-8,15-18,20H,4-6,9-13,19H2/t15-,16+,17+,18-/m0/s1. The maximum Gasteiger partial charge on any atom is 0.0732 e. The molecule has 0 bridgehead atoms. The van der Waals surface area contributed by atoms with Gasteiger partial charge in [0.2, 0.25) is 0 Å². The van der Waals surface area contributed by atoms with Crippen molar-refractivity contribution >= 4 is 0 Å². The Balaban J connectivity index is 1.54. The van der Waals surface area contributed by atoms with E-state index in [0.29, 0.717) is 24.2 Å². The van der Waals surface area contributed by atoms with Gasteiger partial charge in [-0.15, -0.1) is 0 Å². The molecular weight excluding hydrogens is 260 g/mol. The van der Waals surface area contributed by atoms with Gasteiger partial charge in [0.1, 0.15) is 0 Å². The van der Waals surface area contributed by atoms with E-state index in [0.717, 1.165) is 6.61 Å². The number of ether oxygens (including phenoxy) is 1. The number of nitrogens with two attached hydrogens (primary N) is 1. The maximum atomic E-state index is 6.22. The van der Waals surface area contributed by atoms with E-state index in [1.807, 2.05) is 0 Å². The van der Waals surface area contributed by atoms with E-state index >= 15 is 0 Å². The minimum Gasteiger partial charge on any atom is -0.372 e. The summed E-state index contributed by atoms with van der Waals surface area (Å²) in [5.41, 5.74) is 7.47. The Morgan fingerprint density at radius 2 is 1.71 bits per heavy atom. The normalized spacial score (nSPS) is 33.2. The summed E-state index contributed by atoms with van der Waals surface area (Å²) in [7, 11) is 0. The summed E-state index contributed by atoms with van der Waals surface area (Å²) in [5, 5.41) is 3.80. The zero-order valence-corrected chi connectivity index (χ0v) is 12.8. The number of hydrogen-bond donors (Lipinski definition) is 2. The molecule has 116 valence electrons. The van der Waals surface area contributed by atoms with Gasteiger partial charge in [0.05, 0.1) is 12.7 Å². The highest BCUT2D eigenvalue weighted by Crippen LogP contribution is 2.25. The van der Waals surface area contributed by atoms with Crippen molar-refractivity contribution in [1.82, 2.24) is 5.32 Å². The summed E-state index contributed by atoms with van der Waals surface area (Å²) in [6.45, 7) is 0.723. The van der Waals surface area contributed by atoms with Gasteiger partial charge in [0.15, 0.2) is 0 Å². The minimum atomic E-state index is 0.335. The molecule has 0 saturated heterocycles. The van der Waals surface area contributed by atoms with Crippen LogP contribution in [-0.2, 0) is 11.3 Å². The van der Waals surface area contributed by atoms with Gasteiger partial charge >= 0.3 is 0 Å². The van der Waals surface area contributed by atoms with Gasteiger partial charge in [0.25, 0.3) is 0 Å². The molecule has 1 aromatic carbocycles. The summed E-state index contributed by atoms with van der Waals surface area (Å²) in [6, 6.07) is 11.8. The van der Waals surface area contributed by atoms with Gasteiger partial charge in [-0.3, -0.25) is 0 Å². The third-order valence-corrected chi connectivity index (χ3v) is 5.01. The van der Waals surface area contributed by atoms with E-state index in [4.69, 9.17) is 10.5 Å². The van der Waals surface area contributed by atoms with Crippen LogP contribution in [0.3, 0.4) is 0 Å². The van der Waals surface area contributed by atoms with Gasteiger partial charge in [0, 0.05) is 18.1 Å². The Morgan fingerprint density at radius 1 is 0.952 bits per heavy atom. The van der Waals surface area contributed by atoms with Gasteiger partial charge in [-0.2, -0.15) is 0 Å². The first-order valence-corrected chi connectivity index (χ1v) is 8.50. The Morgan fingerprint density at radius 3 is 2.48 bits per heavy atom. The lowest BCUT2D eigenvalue weighted by Crippen LogP contribution is -2.52. The number of rotatable bonds is 5. The van der Waals surface area contributed by atoms with Crippen LogP contribution in [0.25, 0.3) is 0 Å². The summed E-state index contributed by atoms with van der Waals surface area (Å²) in [5.74, 6) is 0. The molecule has 21 heavy (non-hydrogen) atoms. The van der Waals surface area contributed by atoms with E-state index in [2.05, 4.69) is 35.6 Å². The average molecular weight is 288 g/mol. The highest BCUT2D eigenvalue weighted by molar-refractivity contribution is 5.13. The molecule has 3 heteroatoms. The zero-order chi connectivity index (χ0) is 14.5. The molecule has 0 aliphatic heterocycles. The maximum absolute atomic E-state index is 6.22. The van der Waals surface area contributed by atoms with Gasteiger partial charge in [-0.1, -0.05) is 49.6 Å². The van der Waals surface area contributed by atoms with Gasteiger partial charge in [-0.25, -0.2) is 0 Å². The lowest BCUT2D eigenvalue weighted by Gasteiger charge is -2.35. The first kappa shape index (κ1) is 15.0. The van der Waals surface area contributed by atoms with Crippen molar-refractivity contribution in [1.29, 1.82) is 0 Å². The second kappa shape index (κ2) is 7.39. The van der Waals surface area contributed by atoms with E-state index in [9.17, 15) is 0 Å². The highest BCUT2D eigenvalue weighted by atomic mass is 16.5. The molecule has 0 amide bonds. The zero-order valence-electron chi connectivity index (χ0n) is 12.8. The SMILES string of the molecule is N[C@H]1CCC[C@H]1N[C@@H]1CCCC[C@@H]1OCc1ccccc1. The molecule has 2 fully saturated rings. The monoisotopic (exact) mass is 288 g/mol. The van der Waals surface area contributed by atoms with E-state index in [-0.39, 0.29) is 0 Å². The first-order valence-electron chi connectivity index (χ1n) is 8.50. The molecule has 0 aromatic heterocycles. The first-order chi connectivity index (χ1) is 10.3. The molecule has 2 saturated carbocycles. The molecule has 2 aliphatic rings. The van der Waals surface area contributed by atoms with Crippen molar-refractivity contribution < 1.29 is 4.74 Å². The Labute approximate surface area is 128 Å². The second-order valence-electron chi connectivity index (χ2n) is 6.59. The second-order valence-corrected chi connectivity index (χ2v) is 6.59. The van der Waals surface area contributed by atoms with E-state index in [1.54, 1.807) is 0 Å². The van der Waals surface area contributed by atoms with Crippen molar-refractivity contribution in [2.45, 2.75) is 75.8 Å². The largest absolute Gasteiger partial charge is 0.372 e. The molecule has 1 aromatic rings. The Hall–Kier alpha value is -0.900. The van der Waals surface area contributed by atoms with Crippen molar-refractivity contribution in [3.63, 3.8) is 0 Å². The van der Waals surface area contributed by atoms with Gasteiger partial charge < -0.3 is 15.8 Å². The fourth-order valence-corrected chi connectivity index (χ4v) is 3.74. The quantitative estimate of drug-likeness (QED) is 0.875. The van der Waals surface area contributed by atoms with Crippen molar-refractivity contribution in [3.05, 3.63) is 35.9 Å². The van der Waals surface area contributed by atoms with Crippen LogP contribution in [-0.4, -0.2) is 24.2 Å². The van der Waals surface area contributed by atoms with Crippen LogP contribution in [0.4, 0.5) is 0 Å². The summed E-state index contributed by atoms with van der Waals surface area (Å²) in [4.78, 5) is 0. The predicted octanol–water partition coefficient (Wildman–Crippen LogP) is 2.98. The predicted molar refractivity (Wildman–Crippen MR) is 86.0 cm³/mol. The van der Waals surface area contributed by atoms with Crippen LogP contribution >= 0.6 is 0 Å². The van der Waals surface area contributed by atoms with Crippen LogP contribution in [0.1, 0.15) is 50.5 Å². The van der Waals surface area contributed by atoms with Crippen LogP contribution in [0, 0.1) is 0 Å². The molecule has 0 heterocycles. The Bertz CT molecular complexity index is 422. The summed E-state index contributed by atoms with van der Waals surface area (Å²) >= 11 is 0. The fourth-order valence-electron chi connectivity index (χ4n) is 3.74. The summed E-state index contributed by atoms with van der Waals surface area (Å²) < 4.78 is 6.22. The topological polar surface area (TPSA) is 47.3 Å². The Kier molecular flexibility index (Phi) is 5.28. The van der Waals surface area contributed by atoms with E-state index in [1.165, 1.54) is 50.5 Å². The van der Waals surface area contributed by atoms with Crippen LogP contribution in [0.15, 0.2) is 30.3 Å². The lowest BCUT2D eigenvalue weighted by molar-refractivity contribution is -0.00861. The van der Waals surface area contributed by atoms with Crippen molar-refractivity contribution in [2.75, 3.05) is 0 Å². The molecule has 3 rings (SSSR count). The smallest absolute Gasteiger partial charge is 0.0732 e. The van der Waals surface area contributed by atoms with E-state index < -0.39 is 0 Å². The molecule has 3 N–H and O–H groups in total. The molecule has 0 unspecified atom stereocenters. The van der Waals surface area contributed by atoms with Crippen LogP contribution in [0.5, 0.6) is 0 Å². The molecule has 0 radical (unpaired) electrons. The van der Waals surface area contributed by atoms with Crippen LogP contribution < -0.4 is 11.1 Å². The summed E-state index contributed by atoms with van der Waals surface area (Å²) in [6.07, 6.45) is 8.99. The number of nitrogens with one attached hydrogen (secondary N) is 1. The highest BCUT2D eigenvalue weighted by Gasteiger charge is 2.31. The fraction of sp³-hybridized carbons (Fsp3) is 0.667. The molecule has 3 nitrogen and oxygen atoms in total. The van der Waals surface area contributed by atoms with Crippen LogP contribution in [0.2, 0.25) is 0 Å². The van der Waals surface area contributed by atoms with Crippen molar-refractivity contribution in [3.8, 4) is 0 Å². The molecule has 4 atom stereocenters. The third-order valence-electron chi connectivity index (χ3n) is 5.01. The molecule has 0 spiro atoms. The lowest BCUT2D eigenvalue weighted by atomic mass is 9.91. The van der Waals surface area contributed by atoms with Crippen molar-refractivity contribution in [2.24, 2.45) is 5.73 Å². The van der Waals surface area contributed by atoms with Gasteiger partial charge in [-0.05, 0) is 31.2 Å². The third kappa shape index (κ3) is 4.06. The molecule has 2 aliphatic carbocycles. The number of hydrogen-bond acceptors (Lipinski definition) is 3. The molecular formula is C18H28N2O.